The summed E-state index contributed by atoms with van der Waals surface area (Å²) < 4.78 is 16.9. The molecule has 0 saturated heterocycles. The molecule has 0 radical (unpaired) electrons. The summed E-state index contributed by atoms with van der Waals surface area (Å²) in [5.74, 6) is -0.374. The van der Waals surface area contributed by atoms with Crippen molar-refractivity contribution in [3.8, 4) is 11.5 Å². The SMILES string of the molecule is Cc1c(OC(=O)c2cc3cc(Cl)ccc3o2)ccc2c1O/C(=C\c1c(Cl)cccc1Cl)C2=O. The van der Waals surface area contributed by atoms with E-state index in [2.05, 4.69) is 0 Å². The molecule has 0 fully saturated rings. The Morgan fingerprint density at radius 1 is 1.00 bits per heavy atom. The predicted octanol–water partition coefficient (Wildman–Crippen LogP) is 7.54. The Kier molecular flexibility index (Phi) is 5.41. The van der Waals surface area contributed by atoms with E-state index in [9.17, 15) is 9.59 Å². The van der Waals surface area contributed by atoms with Crippen LogP contribution < -0.4 is 9.47 Å². The van der Waals surface area contributed by atoms with Crippen LogP contribution in [0.4, 0.5) is 0 Å². The zero-order chi connectivity index (χ0) is 23.3. The molecule has 3 aromatic carbocycles. The molecular weight excluding hydrogens is 487 g/mol. The molecule has 0 saturated carbocycles. The van der Waals surface area contributed by atoms with Crippen molar-refractivity contribution in [2.75, 3.05) is 0 Å². The van der Waals surface area contributed by atoms with Gasteiger partial charge in [-0.2, -0.15) is 0 Å². The number of rotatable bonds is 3. The number of carbonyl (C=O) groups excluding carboxylic acids is 2. The van der Waals surface area contributed by atoms with Gasteiger partial charge in [0.1, 0.15) is 17.1 Å². The van der Waals surface area contributed by atoms with Crippen molar-refractivity contribution in [3.05, 3.63) is 97.9 Å². The summed E-state index contributed by atoms with van der Waals surface area (Å²) in [7, 11) is 0. The highest BCUT2D eigenvalue weighted by Gasteiger charge is 2.31. The number of halogens is 3. The minimum Gasteiger partial charge on any atom is -0.452 e. The lowest BCUT2D eigenvalue weighted by Crippen LogP contribution is -2.08. The molecule has 5 rings (SSSR count). The number of hydrogen-bond acceptors (Lipinski definition) is 5. The van der Waals surface area contributed by atoms with Gasteiger partial charge in [-0.15, -0.1) is 0 Å². The third-order valence-electron chi connectivity index (χ3n) is 5.19. The number of fused-ring (bicyclic) bond motifs is 2. The van der Waals surface area contributed by atoms with Crippen molar-refractivity contribution in [2.24, 2.45) is 0 Å². The van der Waals surface area contributed by atoms with Crippen molar-refractivity contribution >= 4 is 63.6 Å². The van der Waals surface area contributed by atoms with Gasteiger partial charge in [0.15, 0.2) is 5.76 Å². The third-order valence-corrected chi connectivity index (χ3v) is 6.09. The van der Waals surface area contributed by atoms with Crippen molar-refractivity contribution in [1.82, 2.24) is 0 Å². The number of carbonyl (C=O) groups is 2. The van der Waals surface area contributed by atoms with Gasteiger partial charge in [0.05, 0.1) is 5.56 Å². The standard InChI is InChI=1S/C25H13Cl3O5/c1-12-19(33-25(30)22-10-13-9-14(26)5-7-20(13)31-22)8-6-15-23(29)21(32-24(12)15)11-16-17(27)3-2-4-18(16)28/h2-11H,1H3/b21-11-. The van der Waals surface area contributed by atoms with Gasteiger partial charge in [-0.3, -0.25) is 4.79 Å². The van der Waals surface area contributed by atoms with Crippen molar-refractivity contribution in [1.29, 1.82) is 0 Å². The van der Waals surface area contributed by atoms with E-state index in [1.165, 1.54) is 12.1 Å². The van der Waals surface area contributed by atoms with Gasteiger partial charge in [0.25, 0.3) is 0 Å². The Morgan fingerprint density at radius 3 is 2.52 bits per heavy atom. The van der Waals surface area contributed by atoms with Crippen molar-refractivity contribution < 1.29 is 23.5 Å². The van der Waals surface area contributed by atoms with Gasteiger partial charge in [0, 0.05) is 31.6 Å². The second-order valence-electron chi connectivity index (χ2n) is 7.32. The molecule has 1 aliphatic heterocycles. The normalized spacial score (nSPS) is 13.9. The number of allylic oxidation sites excluding steroid dienone is 1. The molecule has 8 heteroatoms. The molecule has 0 bridgehead atoms. The molecule has 0 aliphatic carbocycles. The summed E-state index contributed by atoms with van der Waals surface area (Å²) in [5, 5.41) is 1.99. The minimum atomic E-state index is -0.687. The van der Waals surface area contributed by atoms with Crippen molar-refractivity contribution in [2.45, 2.75) is 6.92 Å². The fourth-order valence-electron chi connectivity index (χ4n) is 3.52. The predicted molar refractivity (Wildman–Crippen MR) is 127 cm³/mol. The van der Waals surface area contributed by atoms with E-state index in [1.807, 2.05) is 0 Å². The molecule has 1 aliphatic rings. The van der Waals surface area contributed by atoms with E-state index in [4.69, 9.17) is 48.7 Å². The molecule has 164 valence electrons. The molecule has 2 heterocycles. The first-order valence-corrected chi connectivity index (χ1v) is 10.9. The van der Waals surface area contributed by atoms with E-state index < -0.39 is 5.97 Å². The second kappa shape index (κ2) is 8.27. The lowest BCUT2D eigenvalue weighted by Gasteiger charge is -2.09. The Labute approximate surface area is 203 Å². The van der Waals surface area contributed by atoms with Gasteiger partial charge < -0.3 is 13.9 Å². The van der Waals surface area contributed by atoms with Crippen LogP contribution in [-0.2, 0) is 0 Å². The van der Waals surface area contributed by atoms with Crippen LogP contribution in [0.15, 0.2) is 64.8 Å². The maximum Gasteiger partial charge on any atom is 0.379 e. The van der Waals surface area contributed by atoms with Gasteiger partial charge in [-0.1, -0.05) is 40.9 Å². The Balaban J connectivity index is 1.44. The van der Waals surface area contributed by atoms with Gasteiger partial charge in [-0.25, -0.2) is 4.79 Å². The number of Topliss-reactive ketones (excluding diaryl/α,β-unsaturated/α-hetero) is 1. The second-order valence-corrected chi connectivity index (χ2v) is 8.57. The highest BCUT2D eigenvalue weighted by Crippen LogP contribution is 2.40. The topological polar surface area (TPSA) is 65.7 Å². The molecule has 0 unspecified atom stereocenters. The Bertz CT molecular complexity index is 1480. The Morgan fingerprint density at radius 2 is 1.76 bits per heavy atom. The summed E-state index contributed by atoms with van der Waals surface area (Å²) in [6, 6.07) is 14.7. The van der Waals surface area contributed by atoms with Crippen LogP contribution in [0.1, 0.15) is 32.0 Å². The van der Waals surface area contributed by atoms with Crippen LogP contribution in [0.25, 0.3) is 17.0 Å². The zero-order valence-electron chi connectivity index (χ0n) is 16.9. The van der Waals surface area contributed by atoms with Gasteiger partial charge >= 0.3 is 5.97 Å². The van der Waals surface area contributed by atoms with Crippen LogP contribution in [0.2, 0.25) is 15.1 Å². The Hall–Kier alpha value is -3.25. The number of hydrogen-bond donors (Lipinski definition) is 0. The molecule has 4 aromatic rings. The number of furan rings is 1. The average Bonchev–Trinajstić information content (AvgIpc) is 3.34. The first-order chi connectivity index (χ1) is 15.8. The summed E-state index contributed by atoms with van der Waals surface area (Å²) >= 11 is 18.4. The average molecular weight is 500 g/mol. The molecule has 0 N–H and O–H groups in total. The van der Waals surface area contributed by atoms with Crippen molar-refractivity contribution in [3.63, 3.8) is 0 Å². The molecule has 0 atom stereocenters. The summed E-state index contributed by atoms with van der Waals surface area (Å²) in [6.45, 7) is 1.69. The molecule has 0 amide bonds. The highest BCUT2D eigenvalue weighted by molar-refractivity contribution is 6.37. The van der Waals surface area contributed by atoms with Crippen LogP contribution in [0, 0.1) is 6.92 Å². The number of ether oxygens (including phenoxy) is 2. The highest BCUT2D eigenvalue weighted by atomic mass is 35.5. The molecule has 33 heavy (non-hydrogen) atoms. The number of ketones is 1. The van der Waals surface area contributed by atoms with E-state index in [-0.39, 0.29) is 23.1 Å². The van der Waals surface area contributed by atoms with Gasteiger partial charge in [-0.05, 0) is 61.5 Å². The van der Waals surface area contributed by atoms with E-state index >= 15 is 0 Å². The van der Waals surface area contributed by atoms with E-state index in [1.54, 1.807) is 55.5 Å². The first kappa shape index (κ1) is 21.6. The first-order valence-electron chi connectivity index (χ1n) is 9.75. The quantitative estimate of drug-likeness (QED) is 0.165. The van der Waals surface area contributed by atoms with E-state index in [0.717, 1.165) is 0 Å². The fourth-order valence-corrected chi connectivity index (χ4v) is 4.21. The van der Waals surface area contributed by atoms with Gasteiger partial charge in [0.2, 0.25) is 11.5 Å². The zero-order valence-corrected chi connectivity index (χ0v) is 19.2. The number of benzene rings is 3. The lowest BCUT2D eigenvalue weighted by molar-refractivity contribution is 0.0702. The summed E-state index contributed by atoms with van der Waals surface area (Å²) in [4.78, 5) is 25.5. The molecular formula is C25H13Cl3O5. The summed E-state index contributed by atoms with van der Waals surface area (Å²) in [5.41, 5.74) is 1.83. The van der Waals surface area contributed by atoms with Crippen LogP contribution in [0.3, 0.4) is 0 Å². The van der Waals surface area contributed by atoms with Crippen LogP contribution >= 0.6 is 34.8 Å². The fraction of sp³-hybridized carbons (Fsp3) is 0.0400. The van der Waals surface area contributed by atoms with Crippen LogP contribution in [0.5, 0.6) is 11.5 Å². The maximum absolute atomic E-state index is 12.8. The minimum absolute atomic E-state index is 0.0260. The number of esters is 1. The smallest absolute Gasteiger partial charge is 0.379 e. The molecule has 5 nitrogen and oxygen atoms in total. The lowest BCUT2D eigenvalue weighted by atomic mass is 10.1. The maximum atomic E-state index is 12.8. The third kappa shape index (κ3) is 3.89. The molecule has 1 aromatic heterocycles. The molecule has 0 spiro atoms. The largest absolute Gasteiger partial charge is 0.452 e. The monoisotopic (exact) mass is 498 g/mol. The van der Waals surface area contributed by atoms with Crippen LogP contribution in [-0.4, -0.2) is 11.8 Å². The summed E-state index contributed by atoms with van der Waals surface area (Å²) in [6.07, 6.45) is 1.50. The van der Waals surface area contributed by atoms with E-state index in [0.29, 0.717) is 48.5 Å².